The SMILES string of the molecule is C=C1CCC(=C)C1. The third-order valence-corrected chi connectivity index (χ3v) is 1.33. The Bertz CT molecular complexity index is 95.2. The summed E-state index contributed by atoms with van der Waals surface area (Å²) in [7, 11) is 0. The summed E-state index contributed by atoms with van der Waals surface area (Å²) in [6.45, 7) is 7.69. The van der Waals surface area contributed by atoms with E-state index in [9.17, 15) is 0 Å². The first kappa shape index (κ1) is 4.63. The molecule has 0 aromatic heterocycles. The van der Waals surface area contributed by atoms with E-state index >= 15 is 0 Å². The first-order valence-electron chi connectivity index (χ1n) is 2.62. The monoisotopic (exact) mass is 94.1 g/mol. The van der Waals surface area contributed by atoms with Crippen molar-refractivity contribution < 1.29 is 0 Å². The highest BCUT2D eigenvalue weighted by Crippen LogP contribution is 2.25. The summed E-state index contributed by atoms with van der Waals surface area (Å²) in [5, 5.41) is 0. The molecular weight excluding hydrogens is 84.1 g/mol. The number of allylic oxidation sites excluding steroid dienone is 2. The maximum absolute atomic E-state index is 3.84. The average molecular weight is 94.2 g/mol. The molecule has 0 nitrogen and oxygen atoms in total. The van der Waals surface area contributed by atoms with Gasteiger partial charge in [-0.3, -0.25) is 0 Å². The molecule has 1 fully saturated rings. The minimum atomic E-state index is 1.08. The Kier molecular flexibility index (Phi) is 1.01. The second-order valence-corrected chi connectivity index (χ2v) is 2.18. The Balaban J connectivity index is 2.55. The topological polar surface area (TPSA) is 0 Å². The van der Waals surface area contributed by atoms with Gasteiger partial charge in [-0.05, 0) is 19.3 Å². The van der Waals surface area contributed by atoms with Gasteiger partial charge in [0.05, 0.1) is 0 Å². The van der Waals surface area contributed by atoms with Gasteiger partial charge in [0.25, 0.3) is 0 Å². The Morgan fingerprint density at radius 1 is 1.00 bits per heavy atom. The van der Waals surface area contributed by atoms with Crippen LogP contribution in [0.25, 0.3) is 0 Å². The van der Waals surface area contributed by atoms with Crippen molar-refractivity contribution in [1.82, 2.24) is 0 Å². The highest BCUT2D eigenvalue weighted by atomic mass is 14.1. The van der Waals surface area contributed by atoms with Crippen molar-refractivity contribution in [3.8, 4) is 0 Å². The van der Waals surface area contributed by atoms with E-state index in [0.29, 0.717) is 0 Å². The Labute approximate surface area is 44.5 Å². The molecule has 1 saturated carbocycles. The van der Waals surface area contributed by atoms with Gasteiger partial charge >= 0.3 is 0 Å². The van der Waals surface area contributed by atoms with E-state index < -0.39 is 0 Å². The van der Waals surface area contributed by atoms with Gasteiger partial charge in [-0.1, -0.05) is 24.3 Å². The van der Waals surface area contributed by atoms with Crippen molar-refractivity contribution in [3.05, 3.63) is 24.3 Å². The molecule has 0 N–H and O–H groups in total. The molecule has 0 unspecified atom stereocenters. The van der Waals surface area contributed by atoms with Crippen molar-refractivity contribution >= 4 is 0 Å². The zero-order valence-electron chi connectivity index (χ0n) is 4.54. The van der Waals surface area contributed by atoms with Crippen LogP contribution in [0.15, 0.2) is 24.3 Å². The van der Waals surface area contributed by atoms with Gasteiger partial charge in [0.2, 0.25) is 0 Å². The minimum Gasteiger partial charge on any atom is -0.0995 e. The van der Waals surface area contributed by atoms with Crippen LogP contribution in [-0.4, -0.2) is 0 Å². The molecule has 0 atom stereocenters. The molecule has 0 heterocycles. The van der Waals surface area contributed by atoms with Crippen LogP contribution in [0.5, 0.6) is 0 Å². The lowest BCUT2D eigenvalue weighted by Gasteiger charge is -1.82. The lowest BCUT2D eigenvalue weighted by atomic mass is 10.2. The average Bonchev–Trinajstić information content (AvgIpc) is 1.87. The molecule has 1 aliphatic rings. The minimum absolute atomic E-state index is 1.08. The van der Waals surface area contributed by atoms with Crippen LogP contribution >= 0.6 is 0 Å². The highest BCUT2D eigenvalue weighted by Gasteiger charge is 2.06. The van der Waals surface area contributed by atoms with Gasteiger partial charge in [0.1, 0.15) is 0 Å². The van der Waals surface area contributed by atoms with E-state index in [1.807, 2.05) is 0 Å². The molecule has 0 bridgehead atoms. The molecule has 0 heteroatoms. The van der Waals surface area contributed by atoms with Gasteiger partial charge in [-0.25, -0.2) is 0 Å². The van der Waals surface area contributed by atoms with Crippen LogP contribution in [0.3, 0.4) is 0 Å². The third-order valence-electron chi connectivity index (χ3n) is 1.33. The van der Waals surface area contributed by atoms with E-state index in [2.05, 4.69) is 13.2 Å². The summed E-state index contributed by atoms with van der Waals surface area (Å²) in [6, 6.07) is 0. The summed E-state index contributed by atoms with van der Waals surface area (Å²) in [5.41, 5.74) is 2.70. The molecule has 0 saturated heterocycles. The first-order chi connectivity index (χ1) is 3.29. The second kappa shape index (κ2) is 1.53. The lowest BCUT2D eigenvalue weighted by molar-refractivity contribution is 1.06. The van der Waals surface area contributed by atoms with Crippen LogP contribution in [0.4, 0.5) is 0 Å². The van der Waals surface area contributed by atoms with Gasteiger partial charge < -0.3 is 0 Å². The molecule has 0 aromatic rings. The van der Waals surface area contributed by atoms with Gasteiger partial charge in [0.15, 0.2) is 0 Å². The molecular formula is C7H10. The molecule has 0 aliphatic heterocycles. The lowest BCUT2D eigenvalue weighted by Crippen LogP contribution is -1.62. The maximum Gasteiger partial charge on any atom is -0.0114 e. The van der Waals surface area contributed by atoms with Crippen molar-refractivity contribution in [1.29, 1.82) is 0 Å². The fraction of sp³-hybridized carbons (Fsp3) is 0.429. The fourth-order valence-corrected chi connectivity index (χ4v) is 0.884. The van der Waals surface area contributed by atoms with E-state index in [0.717, 1.165) is 6.42 Å². The molecule has 1 rings (SSSR count). The van der Waals surface area contributed by atoms with E-state index in [1.54, 1.807) is 0 Å². The summed E-state index contributed by atoms with van der Waals surface area (Å²) in [5.74, 6) is 0. The summed E-state index contributed by atoms with van der Waals surface area (Å²) in [6.07, 6.45) is 3.44. The van der Waals surface area contributed by atoms with Crippen LogP contribution in [0.2, 0.25) is 0 Å². The molecule has 38 valence electrons. The molecule has 0 amide bonds. The highest BCUT2D eigenvalue weighted by molar-refractivity contribution is 5.17. The van der Waals surface area contributed by atoms with Crippen molar-refractivity contribution in [2.75, 3.05) is 0 Å². The zero-order chi connectivity index (χ0) is 5.28. The van der Waals surface area contributed by atoms with Crippen LogP contribution in [0.1, 0.15) is 19.3 Å². The first-order valence-corrected chi connectivity index (χ1v) is 2.62. The summed E-state index contributed by atoms with van der Waals surface area (Å²) >= 11 is 0. The normalized spacial score (nSPS) is 21.1. The molecule has 0 aromatic carbocycles. The van der Waals surface area contributed by atoms with Crippen LogP contribution in [-0.2, 0) is 0 Å². The summed E-state index contributed by atoms with van der Waals surface area (Å²) < 4.78 is 0. The molecule has 0 spiro atoms. The van der Waals surface area contributed by atoms with E-state index in [4.69, 9.17) is 0 Å². The Hall–Kier alpha value is -0.520. The third kappa shape index (κ3) is 0.923. The molecule has 1 aliphatic carbocycles. The van der Waals surface area contributed by atoms with Gasteiger partial charge in [-0.15, -0.1) is 0 Å². The smallest absolute Gasteiger partial charge is 0.0114 e. The van der Waals surface area contributed by atoms with Gasteiger partial charge in [0, 0.05) is 0 Å². The fourth-order valence-electron chi connectivity index (χ4n) is 0.884. The van der Waals surface area contributed by atoms with Gasteiger partial charge in [-0.2, -0.15) is 0 Å². The predicted octanol–water partition coefficient (Wildman–Crippen LogP) is 2.28. The van der Waals surface area contributed by atoms with E-state index in [1.165, 1.54) is 24.0 Å². The predicted molar refractivity (Wildman–Crippen MR) is 32.1 cm³/mol. The number of hydrogen-bond acceptors (Lipinski definition) is 0. The standard InChI is InChI=1S/C7H10/c1-6-3-4-7(2)5-6/h1-5H2. The zero-order valence-corrected chi connectivity index (χ0v) is 4.54. The van der Waals surface area contributed by atoms with E-state index in [-0.39, 0.29) is 0 Å². The number of rotatable bonds is 0. The summed E-state index contributed by atoms with van der Waals surface area (Å²) in [4.78, 5) is 0. The largest absolute Gasteiger partial charge is 0.0995 e. The quantitative estimate of drug-likeness (QED) is 0.404. The van der Waals surface area contributed by atoms with Crippen LogP contribution in [0, 0.1) is 0 Å². The maximum atomic E-state index is 3.84. The Morgan fingerprint density at radius 3 is 1.57 bits per heavy atom. The van der Waals surface area contributed by atoms with Crippen molar-refractivity contribution in [2.45, 2.75) is 19.3 Å². The Morgan fingerprint density at radius 2 is 1.43 bits per heavy atom. The molecule has 0 radical (unpaired) electrons. The van der Waals surface area contributed by atoms with Crippen LogP contribution < -0.4 is 0 Å². The molecule has 7 heavy (non-hydrogen) atoms. The number of hydrogen-bond donors (Lipinski definition) is 0. The second-order valence-electron chi connectivity index (χ2n) is 2.18. The van der Waals surface area contributed by atoms with Crippen molar-refractivity contribution in [2.24, 2.45) is 0 Å². The van der Waals surface area contributed by atoms with Crippen molar-refractivity contribution in [3.63, 3.8) is 0 Å².